The summed E-state index contributed by atoms with van der Waals surface area (Å²) >= 11 is 0. The number of Topliss-reactive ketones (excluding diaryl/α,β-unsaturated/α-hetero) is 1. The number of carbonyl (C=O) groups is 3. The maximum atomic E-state index is 12.2. The van der Waals surface area contributed by atoms with Gasteiger partial charge in [0.1, 0.15) is 11.8 Å². The minimum atomic E-state index is -1.00. The van der Waals surface area contributed by atoms with Crippen molar-refractivity contribution in [1.82, 2.24) is 5.32 Å². The molecule has 0 bridgehead atoms. The predicted octanol–water partition coefficient (Wildman–Crippen LogP) is 2.94. The average molecular weight is 323 g/mol. The zero-order chi connectivity index (χ0) is 17.4. The highest BCUT2D eigenvalue weighted by Gasteiger charge is 2.35. The van der Waals surface area contributed by atoms with E-state index in [1.165, 1.54) is 0 Å². The van der Waals surface area contributed by atoms with Gasteiger partial charge in [-0.05, 0) is 37.5 Å². The summed E-state index contributed by atoms with van der Waals surface area (Å²) in [6.45, 7) is 5.89. The largest absolute Gasteiger partial charge is 0.480 e. The van der Waals surface area contributed by atoms with Gasteiger partial charge in [0.15, 0.2) is 0 Å². The highest BCUT2D eigenvalue weighted by molar-refractivity contribution is 5.87. The topological polar surface area (TPSA) is 83.5 Å². The number of rotatable bonds is 9. The molecular weight excluding hydrogens is 294 g/mol. The molecule has 1 fully saturated rings. The van der Waals surface area contributed by atoms with E-state index in [1.807, 2.05) is 32.9 Å². The normalized spacial score (nSPS) is 22.7. The first-order valence-corrected chi connectivity index (χ1v) is 8.55. The van der Waals surface area contributed by atoms with Crippen LogP contribution in [0.15, 0.2) is 12.2 Å². The van der Waals surface area contributed by atoms with E-state index in [-0.39, 0.29) is 35.9 Å². The van der Waals surface area contributed by atoms with Crippen LogP contribution in [0.3, 0.4) is 0 Å². The van der Waals surface area contributed by atoms with Crippen molar-refractivity contribution in [2.24, 2.45) is 17.8 Å². The van der Waals surface area contributed by atoms with Crippen molar-refractivity contribution in [3.8, 4) is 0 Å². The fraction of sp³-hybridized carbons (Fsp3) is 0.722. The van der Waals surface area contributed by atoms with Crippen molar-refractivity contribution in [1.29, 1.82) is 0 Å². The molecule has 5 heteroatoms. The Morgan fingerprint density at radius 1 is 1.35 bits per heavy atom. The number of nitrogens with one attached hydrogen (secondary N) is 1. The van der Waals surface area contributed by atoms with E-state index >= 15 is 0 Å². The first-order valence-electron chi connectivity index (χ1n) is 8.55. The summed E-state index contributed by atoms with van der Waals surface area (Å²) in [4.78, 5) is 35.4. The molecule has 0 heterocycles. The number of carbonyl (C=O) groups excluding carboxylic acids is 2. The molecule has 5 nitrogen and oxygen atoms in total. The van der Waals surface area contributed by atoms with Crippen molar-refractivity contribution >= 4 is 17.7 Å². The molecule has 1 saturated carbocycles. The summed E-state index contributed by atoms with van der Waals surface area (Å²) in [6, 6.07) is -0.849. The van der Waals surface area contributed by atoms with Crippen molar-refractivity contribution in [2.75, 3.05) is 0 Å². The molecule has 0 spiro atoms. The van der Waals surface area contributed by atoms with E-state index < -0.39 is 12.0 Å². The smallest absolute Gasteiger partial charge is 0.326 e. The maximum Gasteiger partial charge on any atom is 0.326 e. The Kier molecular flexibility index (Phi) is 8.00. The Hall–Kier alpha value is -1.65. The molecule has 1 aliphatic rings. The first kappa shape index (κ1) is 19.4. The number of ketones is 1. The second-order valence-electron chi connectivity index (χ2n) is 6.78. The van der Waals surface area contributed by atoms with E-state index in [0.29, 0.717) is 19.3 Å². The quantitative estimate of drug-likeness (QED) is 0.639. The first-order chi connectivity index (χ1) is 10.8. The predicted molar refractivity (Wildman–Crippen MR) is 88.9 cm³/mol. The molecule has 23 heavy (non-hydrogen) atoms. The third-order valence-electron chi connectivity index (χ3n) is 4.32. The summed E-state index contributed by atoms with van der Waals surface area (Å²) in [7, 11) is 0. The number of carboxylic acids is 1. The van der Waals surface area contributed by atoms with Gasteiger partial charge in [0.25, 0.3) is 0 Å². The van der Waals surface area contributed by atoms with Crippen molar-refractivity contribution < 1.29 is 19.5 Å². The van der Waals surface area contributed by atoms with Gasteiger partial charge in [0.2, 0.25) is 5.91 Å². The third kappa shape index (κ3) is 6.55. The van der Waals surface area contributed by atoms with Gasteiger partial charge < -0.3 is 10.4 Å². The van der Waals surface area contributed by atoms with Crippen LogP contribution in [0.5, 0.6) is 0 Å². The van der Waals surface area contributed by atoms with Crippen LogP contribution >= 0.6 is 0 Å². The molecule has 0 unspecified atom stereocenters. The lowest BCUT2D eigenvalue weighted by Crippen LogP contribution is -2.42. The molecule has 0 radical (unpaired) electrons. The lowest BCUT2D eigenvalue weighted by atomic mass is 9.89. The van der Waals surface area contributed by atoms with Crippen LogP contribution in [0.25, 0.3) is 0 Å². The Morgan fingerprint density at radius 2 is 2.04 bits per heavy atom. The number of hydrogen-bond donors (Lipinski definition) is 2. The SMILES string of the molecule is CC/C=C\C[C@H]1C(=O)CC[C@@H]1CC(=O)N[C@@H](CC(C)C)C(=O)O. The van der Waals surface area contributed by atoms with Crippen LogP contribution in [0.2, 0.25) is 0 Å². The van der Waals surface area contributed by atoms with Gasteiger partial charge in [0.05, 0.1) is 0 Å². The lowest BCUT2D eigenvalue weighted by Gasteiger charge is -2.20. The van der Waals surface area contributed by atoms with Crippen LogP contribution in [0, 0.1) is 17.8 Å². The molecule has 0 aromatic carbocycles. The summed E-state index contributed by atoms with van der Waals surface area (Å²) in [5.41, 5.74) is 0. The lowest BCUT2D eigenvalue weighted by molar-refractivity contribution is -0.142. The molecule has 2 N–H and O–H groups in total. The van der Waals surface area contributed by atoms with Gasteiger partial charge in [0, 0.05) is 18.8 Å². The Labute approximate surface area is 138 Å². The van der Waals surface area contributed by atoms with E-state index in [9.17, 15) is 19.5 Å². The van der Waals surface area contributed by atoms with E-state index in [4.69, 9.17) is 0 Å². The van der Waals surface area contributed by atoms with Gasteiger partial charge in [-0.2, -0.15) is 0 Å². The Morgan fingerprint density at radius 3 is 2.61 bits per heavy atom. The van der Waals surface area contributed by atoms with Crippen molar-refractivity contribution in [2.45, 2.75) is 65.3 Å². The average Bonchev–Trinajstić information content (AvgIpc) is 2.79. The van der Waals surface area contributed by atoms with Gasteiger partial charge >= 0.3 is 5.97 Å². The van der Waals surface area contributed by atoms with E-state index in [2.05, 4.69) is 5.32 Å². The number of amides is 1. The Bertz CT molecular complexity index is 456. The van der Waals surface area contributed by atoms with Gasteiger partial charge in [-0.25, -0.2) is 4.79 Å². The molecule has 0 aromatic heterocycles. The van der Waals surface area contributed by atoms with Gasteiger partial charge in [-0.15, -0.1) is 0 Å². The molecule has 1 aliphatic carbocycles. The summed E-state index contributed by atoms with van der Waals surface area (Å²) < 4.78 is 0. The summed E-state index contributed by atoms with van der Waals surface area (Å²) in [5, 5.41) is 11.8. The van der Waals surface area contributed by atoms with E-state index in [0.717, 1.165) is 12.8 Å². The monoisotopic (exact) mass is 323 g/mol. The standard InChI is InChI=1S/C18H29NO4/c1-4-5-6-7-14-13(8-9-16(14)20)11-17(21)19-15(18(22)23)10-12(2)3/h5-6,12-15H,4,7-11H2,1-3H3,(H,19,21)(H,22,23)/b6-5-/t13-,14-,15+/m1/s1. The van der Waals surface area contributed by atoms with Crippen LogP contribution in [-0.2, 0) is 14.4 Å². The highest BCUT2D eigenvalue weighted by Crippen LogP contribution is 2.34. The fourth-order valence-corrected chi connectivity index (χ4v) is 3.14. The number of carboxylic acid groups (broad SMARTS) is 1. The third-order valence-corrected chi connectivity index (χ3v) is 4.32. The number of aliphatic carboxylic acids is 1. The van der Waals surface area contributed by atoms with Crippen LogP contribution in [-0.4, -0.2) is 28.8 Å². The highest BCUT2D eigenvalue weighted by atomic mass is 16.4. The van der Waals surface area contributed by atoms with Crippen LogP contribution in [0.1, 0.15) is 59.3 Å². The van der Waals surface area contributed by atoms with Crippen molar-refractivity contribution in [3.63, 3.8) is 0 Å². The van der Waals surface area contributed by atoms with Crippen molar-refractivity contribution in [3.05, 3.63) is 12.2 Å². The summed E-state index contributed by atoms with van der Waals surface area (Å²) in [5.74, 6) is -0.925. The molecule has 1 rings (SSSR count). The zero-order valence-electron chi connectivity index (χ0n) is 14.4. The molecule has 130 valence electrons. The molecule has 0 aromatic rings. The maximum absolute atomic E-state index is 12.2. The Balaban J connectivity index is 2.58. The minimum absolute atomic E-state index is 0.0255. The van der Waals surface area contributed by atoms with Gasteiger partial charge in [-0.1, -0.05) is 32.9 Å². The second-order valence-corrected chi connectivity index (χ2v) is 6.78. The molecule has 1 amide bonds. The second kappa shape index (κ2) is 9.48. The molecule has 3 atom stereocenters. The molecular formula is C18H29NO4. The molecule has 0 aliphatic heterocycles. The van der Waals surface area contributed by atoms with Crippen LogP contribution in [0.4, 0.5) is 0 Å². The van der Waals surface area contributed by atoms with Gasteiger partial charge in [-0.3, -0.25) is 9.59 Å². The minimum Gasteiger partial charge on any atom is -0.480 e. The van der Waals surface area contributed by atoms with Crippen LogP contribution < -0.4 is 5.32 Å². The zero-order valence-corrected chi connectivity index (χ0v) is 14.4. The number of allylic oxidation sites excluding steroid dienone is 2. The summed E-state index contributed by atoms with van der Waals surface area (Å²) in [6.07, 6.45) is 7.55. The fourth-order valence-electron chi connectivity index (χ4n) is 3.14. The van der Waals surface area contributed by atoms with E-state index in [1.54, 1.807) is 0 Å². The number of hydrogen-bond acceptors (Lipinski definition) is 3. The molecule has 0 saturated heterocycles.